The van der Waals surface area contributed by atoms with Crippen molar-refractivity contribution >= 4 is 0 Å². The maximum absolute atomic E-state index is 12.9. The molecule has 20 heavy (non-hydrogen) atoms. The van der Waals surface area contributed by atoms with Gasteiger partial charge in [0.1, 0.15) is 5.82 Å². The minimum absolute atomic E-state index is 0.104. The van der Waals surface area contributed by atoms with Crippen molar-refractivity contribution in [3.63, 3.8) is 0 Å². The van der Waals surface area contributed by atoms with Crippen LogP contribution < -0.4 is 0 Å². The van der Waals surface area contributed by atoms with E-state index in [4.69, 9.17) is 5.11 Å². The van der Waals surface area contributed by atoms with Crippen molar-refractivity contribution in [2.24, 2.45) is 0 Å². The van der Waals surface area contributed by atoms with Gasteiger partial charge in [-0.1, -0.05) is 6.08 Å². The molecule has 5 heteroatoms. The van der Waals surface area contributed by atoms with E-state index in [1.54, 1.807) is 22.9 Å². The van der Waals surface area contributed by atoms with E-state index >= 15 is 0 Å². The van der Waals surface area contributed by atoms with Crippen LogP contribution in [-0.4, -0.2) is 39.5 Å². The molecule has 0 unspecified atom stereocenters. The number of hydrogen-bond donors (Lipinski definition) is 1. The number of aromatic nitrogens is 2. The Balaban J connectivity index is 2.08. The molecule has 0 radical (unpaired) electrons. The lowest BCUT2D eigenvalue weighted by molar-refractivity contribution is 0.202. The number of benzene rings is 1. The van der Waals surface area contributed by atoms with E-state index in [0.29, 0.717) is 19.6 Å². The van der Waals surface area contributed by atoms with Gasteiger partial charge in [-0.05, 0) is 30.3 Å². The van der Waals surface area contributed by atoms with Gasteiger partial charge in [-0.25, -0.2) is 9.07 Å². The molecule has 0 saturated heterocycles. The Morgan fingerprint density at radius 2 is 2.05 bits per heavy atom. The van der Waals surface area contributed by atoms with Crippen molar-refractivity contribution in [2.45, 2.75) is 6.54 Å². The van der Waals surface area contributed by atoms with E-state index < -0.39 is 0 Å². The van der Waals surface area contributed by atoms with E-state index in [1.165, 1.54) is 12.1 Å². The van der Waals surface area contributed by atoms with Gasteiger partial charge in [0.25, 0.3) is 0 Å². The Morgan fingerprint density at radius 3 is 2.70 bits per heavy atom. The highest BCUT2D eigenvalue weighted by Gasteiger charge is 2.07. The van der Waals surface area contributed by atoms with Crippen molar-refractivity contribution in [2.75, 3.05) is 19.7 Å². The second-order valence-electron chi connectivity index (χ2n) is 4.48. The van der Waals surface area contributed by atoms with Crippen LogP contribution >= 0.6 is 0 Å². The minimum Gasteiger partial charge on any atom is -0.395 e. The lowest BCUT2D eigenvalue weighted by Crippen LogP contribution is -2.26. The summed E-state index contributed by atoms with van der Waals surface area (Å²) in [6.07, 6.45) is 3.64. The summed E-state index contributed by atoms with van der Waals surface area (Å²) in [5.41, 5.74) is 1.71. The molecule has 1 aromatic heterocycles. The van der Waals surface area contributed by atoms with Crippen molar-refractivity contribution in [1.82, 2.24) is 14.7 Å². The SMILES string of the molecule is C=CCN(CCO)Cc1ccn(-c2ccc(F)cc2)n1. The van der Waals surface area contributed by atoms with Gasteiger partial charge in [-0.3, -0.25) is 4.90 Å². The van der Waals surface area contributed by atoms with E-state index in [0.717, 1.165) is 11.4 Å². The second kappa shape index (κ2) is 6.98. The zero-order valence-electron chi connectivity index (χ0n) is 11.2. The molecule has 0 bridgehead atoms. The van der Waals surface area contributed by atoms with Crippen LogP contribution in [0.25, 0.3) is 5.69 Å². The average Bonchev–Trinajstić information content (AvgIpc) is 2.89. The number of aliphatic hydroxyl groups is 1. The molecule has 0 atom stereocenters. The molecule has 0 aliphatic heterocycles. The van der Waals surface area contributed by atoms with Gasteiger partial charge >= 0.3 is 0 Å². The van der Waals surface area contributed by atoms with Gasteiger partial charge < -0.3 is 5.11 Å². The van der Waals surface area contributed by atoms with Crippen LogP contribution in [0.2, 0.25) is 0 Å². The highest BCUT2D eigenvalue weighted by Crippen LogP contribution is 2.10. The quantitative estimate of drug-likeness (QED) is 0.786. The van der Waals surface area contributed by atoms with Crippen LogP contribution in [-0.2, 0) is 6.54 Å². The smallest absolute Gasteiger partial charge is 0.123 e. The molecule has 0 aliphatic rings. The molecule has 0 saturated carbocycles. The predicted molar refractivity (Wildman–Crippen MR) is 76.1 cm³/mol. The Bertz CT molecular complexity index is 551. The summed E-state index contributed by atoms with van der Waals surface area (Å²) in [6.45, 7) is 5.72. The normalized spacial score (nSPS) is 10.9. The van der Waals surface area contributed by atoms with Crippen molar-refractivity contribution in [3.05, 3.63) is 60.7 Å². The zero-order valence-corrected chi connectivity index (χ0v) is 11.2. The van der Waals surface area contributed by atoms with Crippen molar-refractivity contribution in [1.29, 1.82) is 0 Å². The molecule has 0 spiro atoms. The van der Waals surface area contributed by atoms with Gasteiger partial charge in [-0.2, -0.15) is 5.10 Å². The fraction of sp³-hybridized carbons (Fsp3) is 0.267. The number of rotatable bonds is 7. The van der Waals surface area contributed by atoms with Gasteiger partial charge in [0, 0.05) is 25.8 Å². The first kappa shape index (κ1) is 14.4. The Morgan fingerprint density at radius 1 is 1.30 bits per heavy atom. The molecular formula is C15H18FN3O. The molecule has 0 amide bonds. The molecule has 1 heterocycles. The summed E-state index contributed by atoms with van der Waals surface area (Å²) in [5.74, 6) is -0.263. The number of aliphatic hydroxyl groups excluding tert-OH is 1. The molecule has 2 rings (SSSR count). The van der Waals surface area contributed by atoms with Crippen LogP contribution in [0, 0.1) is 5.82 Å². The molecule has 2 aromatic rings. The molecular weight excluding hydrogens is 257 g/mol. The third-order valence-corrected chi connectivity index (χ3v) is 2.92. The number of nitrogens with zero attached hydrogens (tertiary/aromatic N) is 3. The van der Waals surface area contributed by atoms with E-state index in [1.807, 2.05) is 17.2 Å². The minimum atomic E-state index is -0.263. The highest BCUT2D eigenvalue weighted by atomic mass is 19.1. The van der Waals surface area contributed by atoms with E-state index in [9.17, 15) is 4.39 Å². The van der Waals surface area contributed by atoms with Gasteiger partial charge in [0.15, 0.2) is 0 Å². The number of halogens is 1. The largest absolute Gasteiger partial charge is 0.395 e. The van der Waals surface area contributed by atoms with Crippen LogP contribution in [0.15, 0.2) is 49.2 Å². The van der Waals surface area contributed by atoms with Crippen molar-refractivity contribution in [3.8, 4) is 5.69 Å². The topological polar surface area (TPSA) is 41.3 Å². The summed E-state index contributed by atoms with van der Waals surface area (Å²) in [6, 6.07) is 8.10. The fourth-order valence-electron chi connectivity index (χ4n) is 1.97. The lowest BCUT2D eigenvalue weighted by Gasteiger charge is -2.17. The van der Waals surface area contributed by atoms with Crippen LogP contribution in [0.3, 0.4) is 0 Å². The summed E-state index contributed by atoms with van der Waals surface area (Å²) in [4.78, 5) is 2.05. The molecule has 1 N–H and O–H groups in total. The first-order chi connectivity index (χ1) is 9.72. The van der Waals surface area contributed by atoms with Crippen LogP contribution in [0.5, 0.6) is 0 Å². The van der Waals surface area contributed by atoms with E-state index in [2.05, 4.69) is 11.7 Å². The standard InChI is InChI=1S/C15H18FN3O/c1-2-8-18(10-11-20)12-14-7-9-19(17-14)15-5-3-13(16)4-6-15/h2-7,9,20H,1,8,10-12H2. The molecule has 4 nitrogen and oxygen atoms in total. The predicted octanol–water partition coefficient (Wildman–Crippen LogP) is 1.99. The van der Waals surface area contributed by atoms with Gasteiger partial charge in [-0.15, -0.1) is 6.58 Å². The Hall–Kier alpha value is -1.98. The number of hydrogen-bond acceptors (Lipinski definition) is 3. The lowest BCUT2D eigenvalue weighted by atomic mass is 10.3. The molecule has 1 aromatic carbocycles. The van der Waals surface area contributed by atoms with Gasteiger partial charge in [0.05, 0.1) is 18.0 Å². The average molecular weight is 275 g/mol. The highest BCUT2D eigenvalue weighted by molar-refractivity contribution is 5.31. The zero-order chi connectivity index (χ0) is 14.4. The molecule has 0 aliphatic carbocycles. The Labute approximate surface area is 117 Å². The first-order valence-corrected chi connectivity index (χ1v) is 6.47. The molecule has 0 fully saturated rings. The van der Waals surface area contributed by atoms with Crippen LogP contribution in [0.4, 0.5) is 4.39 Å². The Kier molecular flexibility index (Phi) is 5.03. The summed E-state index contributed by atoms with van der Waals surface area (Å²) >= 11 is 0. The summed E-state index contributed by atoms with van der Waals surface area (Å²) in [7, 11) is 0. The summed E-state index contributed by atoms with van der Waals surface area (Å²) < 4.78 is 14.6. The second-order valence-corrected chi connectivity index (χ2v) is 4.48. The maximum Gasteiger partial charge on any atom is 0.123 e. The molecule has 106 valence electrons. The van der Waals surface area contributed by atoms with Gasteiger partial charge in [0.2, 0.25) is 0 Å². The third kappa shape index (κ3) is 3.76. The maximum atomic E-state index is 12.9. The first-order valence-electron chi connectivity index (χ1n) is 6.47. The van der Waals surface area contributed by atoms with E-state index in [-0.39, 0.29) is 12.4 Å². The summed E-state index contributed by atoms with van der Waals surface area (Å²) in [5, 5.41) is 13.5. The monoisotopic (exact) mass is 275 g/mol. The fourth-order valence-corrected chi connectivity index (χ4v) is 1.97. The van der Waals surface area contributed by atoms with Crippen LogP contribution in [0.1, 0.15) is 5.69 Å². The van der Waals surface area contributed by atoms with Crippen molar-refractivity contribution < 1.29 is 9.50 Å². The third-order valence-electron chi connectivity index (χ3n) is 2.92.